The lowest BCUT2D eigenvalue weighted by Gasteiger charge is -2.13. The van der Waals surface area contributed by atoms with Gasteiger partial charge in [-0.2, -0.15) is 0 Å². The van der Waals surface area contributed by atoms with Crippen LogP contribution in [0.5, 0.6) is 0 Å². The van der Waals surface area contributed by atoms with Gasteiger partial charge in [-0.15, -0.1) is 0 Å². The van der Waals surface area contributed by atoms with Crippen molar-refractivity contribution in [1.29, 1.82) is 0 Å². The molecule has 0 aliphatic rings. The van der Waals surface area contributed by atoms with Crippen molar-refractivity contribution in [3.8, 4) is 0 Å². The average Bonchev–Trinajstić information content (AvgIpc) is 2.41. The zero-order valence-corrected chi connectivity index (χ0v) is 13.5. The average molecular weight is 298 g/mol. The van der Waals surface area contributed by atoms with Crippen molar-refractivity contribution in [3.63, 3.8) is 0 Å². The lowest BCUT2D eigenvalue weighted by Crippen LogP contribution is -2.28. The number of sulfonamides is 1. The number of nitrogens with one attached hydrogen (secondary N) is 2. The fourth-order valence-electron chi connectivity index (χ4n) is 1.89. The van der Waals surface area contributed by atoms with Crippen molar-refractivity contribution in [1.82, 2.24) is 10.0 Å². The zero-order chi connectivity index (χ0) is 15.0. The molecule has 0 atom stereocenters. The van der Waals surface area contributed by atoms with Gasteiger partial charge >= 0.3 is 0 Å². The quantitative estimate of drug-likeness (QED) is 0.689. The molecular weight excluding hydrogens is 272 g/mol. The predicted octanol–water partition coefficient (Wildman–Crippen LogP) is 2.65. The summed E-state index contributed by atoms with van der Waals surface area (Å²) in [4.78, 5) is 0.379. The molecule has 0 fully saturated rings. The standard InChI is InChI=1S/C15H26N2O2S/c1-4-5-8-11-17-20(18,19)15-10-7-6-9-14(15)12-16-13(2)3/h6-7,9-10,13,16-17H,4-5,8,11-12H2,1-3H3. The molecule has 0 saturated carbocycles. The molecule has 0 unspecified atom stereocenters. The number of hydrogen-bond acceptors (Lipinski definition) is 3. The van der Waals surface area contributed by atoms with Crippen LogP contribution in [0, 0.1) is 0 Å². The van der Waals surface area contributed by atoms with Gasteiger partial charge in [0.2, 0.25) is 10.0 Å². The van der Waals surface area contributed by atoms with Crippen molar-refractivity contribution in [3.05, 3.63) is 29.8 Å². The number of benzene rings is 1. The molecule has 0 heterocycles. The molecular formula is C15H26N2O2S. The van der Waals surface area contributed by atoms with Gasteiger partial charge in [-0.05, 0) is 18.1 Å². The van der Waals surface area contributed by atoms with E-state index in [0.29, 0.717) is 24.0 Å². The minimum atomic E-state index is -3.41. The van der Waals surface area contributed by atoms with Crippen molar-refractivity contribution in [2.24, 2.45) is 0 Å². The van der Waals surface area contributed by atoms with Gasteiger partial charge in [0.1, 0.15) is 0 Å². The maximum absolute atomic E-state index is 12.3. The molecule has 0 amide bonds. The van der Waals surface area contributed by atoms with Gasteiger partial charge in [0, 0.05) is 19.1 Å². The normalized spacial score (nSPS) is 12.0. The zero-order valence-electron chi connectivity index (χ0n) is 12.6. The van der Waals surface area contributed by atoms with E-state index < -0.39 is 10.0 Å². The summed E-state index contributed by atoms with van der Waals surface area (Å²) in [6, 6.07) is 7.48. The Morgan fingerprint density at radius 3 is 2.50 bits per heavy atom. The maximum atomic E-state index is 12.3. The number of rotatable bonds is 9. The lowest BCUT2D eigenvalue weighted by molar-refractivity contribution is 0.565. The minimum Gasteiger partial charge on any atom is -0.310 e. The summed E-state index contributed by atoms with van der Waals surface area (Å²) in [5, 5.41) is 3.26. The monoisotopic (exact) mass is 298 g/mol. The van der Waals surface area contributed by atoms with E-state index in [1.165, 1.54) is 0 Å². The third-order valence-electron chi connectivity index (χ3n) is 3.04. The van der Waals surface area contributed by atoms with Crippen molar-refractivity contribution in [2.45, 2.75) is 57.5 Å². The van der Waals surface area contributed by atoms with Crippen LogP contribution in [0.3, 0.4) is 0 Å². The van der Waals surface area contributed by atoms with E-state index in [1.807, 2.05) is 26.0 Å². The van der Waals surface area contributed by atoms with Gasteiger partial charge in [0.25, 0.3) is 0 Å². The molecule has 0 bridgehead atoms. The summed E-state index contributed by atoms with van der Waals surface area (Å²) in [5.41, 5.74) is 0.809. The highest BCUT2D eigenvalue weighted by Gasteiger charge is 2.17. The summed E-state index contributed by atoms with van der Waals surface area (Å²) in [5.74, 6) is 0. The van der Waals surface area contributed by atoms with Crippen LogP contribution in [0.2, 0.25) is 0 Å². The van der Waals surface area contributed by atoms with E-state index >= 15 is 0 Å². The number of unbranched alkanes of at least 4 members (excludes halogenated alkanes) is 2. The van der Waals surface area contributed by atoms with E-state index in [1.54, 1.807) is 12.1 Å². The molecule has 1 aromatic carbocycles. The molecule has 1 rings (SSSR count). The molecule has 20 heavy (non-hydrogen) atoms. The molecule has 0 saturated heterocycles. The topological polar surface area (TPSA) is 58.2 Å². The second-order valence-electron chi connectivity index (χ2n) is 5.25. The van der Waals surface area contributed by atoms with Crippen LogP contribution in [0.4, 0.5) is 0 Å². The van der Waals surface area contributed by atoms with Gasteiger partial charge in [-0.1, -0.05) is 51.8 Å². The SMILES string of the molecule is CCCCCNS(=O)(=O)c1ccccc1CNC(C)C. The van der Waals surface area contributed by atoms with Crippen molar-refractivity contribution >= 4 is 10.0 Å². The Hall–Kier alpha value is -0.910. The van der Waals surface area contributed by atoms with Crippen LogP contribution in [-0.4, -0.2) is 21.0 Å². The Morgan fingerprint density at radius 1 is 1.15 bits per heavy atom. The summed E-state index contributed by atoms with van der Waals surface area (Å²) in [6.07, 6.45) is 3.00. The first-order valence-corrected chi connectivity index (χ1v) is 8.76. The molecule has 0 aliphatic carbocycles. The Kier molecular flexibility index (Phi) is 7.19. The largest absolute Gasteiger partial charge is 0.310 e. The van der Waals surface area contributed by atoms with Crippen molar-refractivity contribution in [2.75, 3.05) is 6.54 Å². The van der Waals surface area contributed by atoms with E-state index in [9.17, 15) is 8.42 Å². The highest BCUT2D eigenvalue weighted by Crippen LogP contribution is 2.15. The minimum absolute atomic E-state index is 0.322. The molecule has 5 heteroatoms. The molecule has 4 nitrogen and oxygen atoms in total. The van der Waals surface area contributed by atoms with Crippen molar-refractivity contribution < 1.29 is 8.42 Å². The second-order valence-corrected chi connectivity index (χ2v) is 6.98. The van der Waals surface area contributed by atoms with Crippen LogP contribution in [-0.2, 0) is 16.6 Å². The molecule has 114 valence electrons. The highest BCUT2D eigenvalue weighted by molar-refractivity contribution is 7.89. The Balaban J connectivity index is 2.77. The molecule has 0 aromatic heterocycles. The van der Waals surface area contributed by atoms with Crippen LogP contribution >= 0.6 is 0 Å². The molecule has 0 spiro atoms. The smallest absolute Gasteiger partial charge is 0.240 e. The molecule has 2 N–H and O–H groups in total. The third-order valence-corrected chi connectivity index (χ3v) is 4.60. The van der Waals surface area contributed by atoms with E-state index in [-0.39, 0.29) is 0 Å². The second kappa shape index (κ2) is 8.39. The fraction of sp³-hybridized carbons (Fsp3) is 0.600. The van der Waals surface area contributed by atoms with E-state index in [2.05, 4.69) is 17.0 Å². The summed E-state index contributed by atoms with van der Waals surface area (Å²) >= 11 is 0. The molecule has 0 aliphatic heterocycles. The molecule has 0 radical (unpaired) electrons. The maximum Gasteiger partial charge on any atom is 0.240 e. The molecule has 1 aromatic rings. The lowest BCUT2D eigenvalue weighted by atomic mass is 10.2. The van der Waals surface area contributed by atoms with Gasteiger partial charge in [0.05, 0.1) is 4.90 Å². The van der Waals surface area contributed by atoms with Crippen LogP contribution in [0.1, 0.15) is 45.6 Å². The fourth-order valence-corrected chi connectivity index (χ4v) is 3.20. The summed E-state index contributed by atoms with van der Waals surface area (Å²) in [6.45, 7) is 7.24. The summed E-state index contributed by atoms with van der Waals surface area (Å²) in [7, 11) is -3.41. The summed E-state index contributed by atoms with van der Waals surface area (Å²) < 4.78 is 27.3. The first-order chi connectivity index (χ1) is 9.47. The Morgan fingerprint density at radius 2 is 1.85 bits per heavy atom. The van der Waals surface area contributed by atoms with Crippen LogP contribution in [0.25, 0.3) is 0 Å². The van der Waals surface area contributed by atoms with Crippen LogP contribution < -0.4 is 10.0 Å². The van der Waals surface area contributed by atoms with E-state index in [4.69, 9.17) is 0 Å². The Labute approximate surface area is 123 Å². The van der Waals surface area contributed by atoms with Gasteiger partial charge < -0.3 is 5.32 Å². The van der Waals surface area contributed by atoms with E-state index in [0.717, 1.165) is 24.8 Å². The Bertz CT molecular complexity index is 498. The van der Waals surface area contributed by atoms with Gasteiger partial charge in [-0.3, -0.25) is 0 Å². The third kappa shape index (κ3) is 5.61. The first kappa shape index (κ1) is 17.1. The highest BCUT2D eigenvalue weighted by atomic mass is 32.2. The first-order valence-electron chi connectivity index (χ1n) is 7.28. The predicted molar refractivity (Wildman–Crippen MR) is 83.1 cm³/mol. The number of hydrogen-bond donors (Lipinski definition) is 2. The van der Waals surface area contributed by atoms with Gasteiger partial charge in [-0.25, -0.2) is 13.1 Å². The van der Waals surface area contributed by atoms with Crippen LogP contribution in [0.15, 0.2) is 29.2 Å². The van der Waals surface area contributed by atoms with Gasteiger partial charge in [0.15, 0.2) is 0 Å².